The highest BCUT2D eigenvalue weighted by atomic mass is 15.2. The predicted molar refractivity (Wildman–Crippen MR) is 72.3 cm³/mol. The molecule has 1 fully saturated rings. The average molecular weight is 244 g/mol. The van der Waals surface area contributed by atoms with Crippen LogP contribution in [0.2, 0.25) is 0 Å². The molecule has 0 saturated carbocycles. The number of nitriles is 1. The van der Waals surface area contributed by atoms with Crippen molar-refractivity contribution in [2.24, 2.45) is 0 Å². The highest BCUT2D eigenvalue weighted by Gasteiger charge is 2.28. The van der Waals surface area contributed by atoms with Crippen LogP contribution >= 0.6 is 0 Å². The van der Waals surface area contributed by atoms with E-state index in [1.54, 1.807) is 18.3 Å². The van der Waals surface area contributed by atoms with Crippen LogP contribution in [0.15, 0.2) is 18.3 Å². The first-order valence-electron chi connectivity index (χ1n) is 6.47. The maximum Gasteiger partial charge on any atom is 0.127 e. The third kappa shape index (κ3) is 2.99. The van der Waals surface area contributed by atoms with Gasteiger partial charge in [-0.15, -0.1) is 0 Å². The van der Waals surface area contributed by atoms with Crippen LogP contribution in [0.4, 0.5) is 5.82 Å². The first-order chi connectivity index (χ1) is 8.62. The second kappa shape index (κ2) is 5.36. The molecule has 1 aromatic rings. The Morgan fingerprint density at radius 1 is 1.44 bits per heavy atom. The first kappa shape index (κ1) is 12.8. The largest absolute Gasteiger partial charge is 0.368 e. The molecule has 0 amide bonds. The van der Waals surface area contributed by atoms with E-state index < -0.39 is 0 Å². The molecular formula is C14H20N4. The quantitative estimate of drug-likeness (QED) is 0.882. The molecule has 1 aliphatic heterocycles. The summed E-state index contributed by atoms with van der Waals surface area (Å²) < 4.78 is 0. The molecule has 0 spiro atoms. The molecule has 0 aliphatic carbocycles. The van der Waals surface area contributed by atoms with Crippen LogP contribution in [0.3, 0.4) is 0 Å². The van der Waals surface area contributed by atoms with E-state index in [1.165, 1.54) is 25.9 Å². The molecule has 0 unspecified atom stereocenters. The summed E-state index contributed by atoms with van der Waals surface area (Å²) in [6, 6.07) is 5.64. The van der Waals surface area contributed by atoms with Crippen LogP contribution in [0.1, 0.15) is 32.3 Å². The lowest BCUT2D eigenvalue weighted by molar-refractivity contribution is 0.168. The Labute approximate surface area is 109 Å². The van der Waals surface area contributed by atoms with Crippen molar-refractivity contribution in [2.45, 2.75) is 32.2 Å². The molecule has 4 heteroatoms. The van der Waals surface area contributed by atoms with Gasteiger partial charge in [0.2, 0.25) is 0 Å². The lowest BCUT2D eigenvalue weighted by Gasteiger charge is -2.35. The number of nitrogens with one attached hydrogen (secondary N) is 1. The summed E-state index contributed by atoms with van der Waals surface area (Å²) in [5.41, 5.74) is 0.771. The van der Waals surface area contributed by atoms with Gasteiger partial charge in [0.15, 0.2) is 0 Å². The zero-order chi connectivity index (χ0) is 13.0. The average Bonchev–Trinajstić information content (AvgIpc) is 2.91. The number of pyridine rings is 1. The number of hydrogen-bond donors (Lipinski definition) is 1. The number of hydrogen-bond acceptors (Lipinski definition) is 4. The lowest BCUT2D eigenvalue weighted by Crippen LogP contribution is -2.47. The molecule has 0 aromatic carbocycles. The molecule has 2 rings (SSSR count). The van der Waals surface area contributed by atoms with Crippen molar-refractivity contribution < 1.29 is 0 Å². The molecule has 0 radical (unpaired) electrons. The van der Waals surface area contributed by atoms with Crippen LogP contribution in [0, 0.1) is 11.3 Å². The van der Waals surface area contributed by atoms with Gasteiger partial charge in [-0.2, -0.15) is 5.26 Å². The second-order valence-electron chi connectivity index (χ2n) is 5.40. The van der Waals surface area contributed by atoms with Crippen LogP contribution in [-0.4, -0.2) is 35.1 Å². The van der Waals surface area contributed by atoms with Gasteiger partial charge in [-0.1, -0.05) is 0 Å². The topological polar surface area (TPSA) is 52.0 Å². The van der Waals surface area contributed by atoms with Gasteiger partial charge in [-0.05, 0) is 51.9 Å². The van der Waals surface area contributed by atoms with E-state index in [2.05, 4.69) is 35.1 Å². The van der Waals surface area contributed by atoms with Gasteiger partial charge in [-0.25, -0.2) is 4.98 Å². The molecule has 0 bridgehead atoms. The number of rotatable bonds is 4. The van der Waals surface area contributed by atoms with Crippen LogP contribution in [0.5, 0.6) is 0 Å². The third-order valence-corrected chi connectivity index (χ3v) is 3.55. The molecule has 1 aliphatic rings. The van der Waals surface area contributed by atoms with Crippen LogP contribution in [0.25, 0.3) is 0 Å². The molecule has 4 nitrogen and oxygen atoms in total. The number of likely N-dealkylation sites (tertiary alicyclic amines) is 1. The maximum absolute atomic E-state index is 8.85. The summed E-state index contributed by atoms with van der Waals surface area (Å²) in [5, 5.41) is 12.2. The van der Waals surface area contributed by atoms with Gasteiger partial charge < -0.3 is 5.32 Å². The SMILES string of the molecule is CC(C)(CNc1cc(C#N)ccn1)N1CCCC1. The summed E-state index contributed by atoms with van der Waals surface area (Å²) in [5.74, 6) is 0.779. The highest BCUT2D eigenvalue weighted by molar-refractivity contribution is 5.42. The minimum Gasteiger partial charge on any atom is -0.368 e. The molecule has 0 atom stereocenters. The van der Waals surface area contributed by atoms with Crippen molar-refractivity contribution >= 4 is 5.82 Å². The molecule has 1 N–H and O–H groups in total. The summed E-state index contributed by atoms with van der Waals surface area (Å²) >= 11 is 0. The first-order valence-corrected chi connectivity index (χ1v) is 6.47. The molecule has 96 valence electrons. The number of aromatic nitrogens is 1. The fourth-order valence-electron chi connectivity index (χ4n) is 2.34. The fraction of sp³-hybridized carbons (Fsp3) is 0.571. The Morgan fingerprint density at radius 3 is 2.83 bits per heavy atom. The summed E-state index contributed by atoms with van der Waals surface area (Å²) in [4.78, 5) is 6.74. The third-order valence-electron chi connectivity index (χ3n) is 3.55. The van der Waals surface area contributed by atoms with Crippen molar-refractivity contribution in [2.75, 3.05) is 25.0 Å². The molecule has 18 heavy (non-hydrogen) atoms. The van der Waals surface area contributed by atoms with E-state index >= 15 is 0 Å². The zero-order valence-electron chi connectivity index (χ0n) is 11.1. The smallest absolute Gasteiger partial charge is 0.127 e. The van der Waals surface area contributed by atoms with E-state index in [0.29, 0.717) is 5.56 Å². The second-order valence-corrected chi connectivity index (χ2v) is 5.40. The standard InChI is InChI=1S/C14H20N4/c1-14(2,18-7-3-4-8-18)11-17-13-9-12(10-15)5-6-16-13/h5-6,9H,3-4,7-8,11H2,1-2H3,(H,16,17). The van der Waals surface area contributed by atoms with Gasteiger partial charge in [0.25, 0.3) is 0 Å². The Hall–Kier alpha value is -1.60. The van der Waals surface area contributed by atoms with Crippen molar-refractivity contribution in [1.82, 2.24) is 9.88 Å². The molecule has 1 saturated heterocycles. The minimum absolute atomic E-state index is 0.126. The van der Waals surface area contributed by atoms with E-state index in [0.717, 1.165) is 12.4 Å². The van der Waals surface area contributed by atoms with Crippen LogP contribution < -0.4 is 5.32 Å². The molecule has 2 heterocycles. The maximum atomic E-state index is 8.85. The van der Waals surface area contributed by atoms with Crippen LogP contribution in [-0.2, 0) is 0 Å². The zero-order valence-corrected chi connectivity index (χ0v) is 11.1. The van der Waals surface area contributed by atoms with Gasteiger partial charge >= 0.3 is 0 Å². The number of nitrogens with zero attached hydrogens (tertiary/aromatic N) is 3. The minimum atomic E-state index is 0.126. The van der Waals surface area contributed by atoms with Gasteiger partial charge in [-0.3, -0.25) is 4.90 Å². The molecular weight excluding hydrogens is 224 g/mol. The van der Waals surface area contributed by atoms with E-state index in [-0.39, 0.29) is 5.54 Å². The monoisotopic (exact) mass is 244 g/mol. The van der Waals surface area contributed by atoms with E-state index in [4.69, 9.17) is 5.26 Å². The Morgan fingerprint density at radius 2 is 2.17 bits per heavy atom. The van der Waals surface area contributed by atoms with Gasteiger partial charge in [0, 0.05) is 18.3 Å². The number of anilines is 1. The summed E-state index contributed by atoms with van der Waals surface area (Å²) in [7, 11) is 0. The van der Waals surface area contributed by atoms with E-state index in [9.17, 15) is 0 Å². The lowest BCUT2D eigenvalue weighted by atomic mass is 10.0. The van der Waals surface area contributed by atoms with Gasteiger partial charge in [0.05, 0.1) is 11.6 Å². The van der Waals surface area contributed by atoms with Crippen molar-refractivity contribution in [3.05, 3.63) is 23.9 Å². The van der Waals surface area contributed by atoms with Crippen molar-refractivity contribution in [3.8, 4) is 6.07 Å². The van der Waals surface area contributed by atoms with Crippen molar-refractivity contribution in [3.63, 3.8) is 0 Å². The Kier molecular flexibility index (Phi) is 3.83. The summed E-state index contributed by atoms with van der Waals surface area (Å²) in [6.07, 6.45) is 4.26. The predicted octanol–water partition coefficient (Wildman–Crippen LogP) is 2.24. The fourth-order valence-corrected chi connectivity index (χ4v) is 2.34. The summed E-state index contributed by atoms with van der Waals surface area (Å²) in [6.45, 7) is 7.70. The van der Waals surface area contributed by atoms with Crippen molar-refractivity contribution in [1.29, 1.82) is 5.26 Å². The highest BCUT2D eigenvalue weighted by Crippen LogP contribution is 2.21. The Bertz CT molecular complexity index is 441. The Balaban J connectivity index is 1.95. The van der Waals surface area contributed by atoms with E-state index in [1.807, 2.05) is 0 Å². The van der Waals surface area contributed by atoms with Gasteiger partial charge in [0.1, 0.15) is 5.82 Å². The normalized spacial score (nSPS) is 16.5. The molecule has 1 aromatic heterocycles.